The molecule has 0 bridgehead atoms. The number of benzene rings is 1. The van der Waals surface area contributed by atoms with Crippen LogP contribution >= 0.6 is 0 Å². The van der Waals surface area contributed by atoms with Crippen LogP contribution in [0.5, 0.6) is 0 Å². The summed E-state index contributed by atoms with van der Waals surface area (Å²) in [6.45, 7) is 2.78. The van der Waals surface area contributed by atoms with Gasteiger partial charge in [0.15, 0.2) is 0 Å². The van der Waals surface area contributed by atoms with Crippen molar-refractivity contribution in [1.29, 1.82) is 0 Å². The Morgan fingerprint density at radius 3 is 2.64 bits per heavy atom. The highest BCUT2D eigenvalue weighted by atomic mass is 16.8. The van der Waals surface area contributed by atoms with Crippen molar-refractivity contribution in [3.8, 4) is 0 Å². The minimum Gasteiger partial charge on any atom is -0.345 e. The van der Waals surface area contributed by atoms with Crippen molar-refractivity contribution in [1.82, 2.24) is 5.06 Å². The van der Waals surface area contributed by atoms with Crippen LogP contribution in [-0.2, 0) is 9.57 Å². The molecule has 0 amide bonds. The van der Waals surface area contributed by atoms with Gasteiger partial charge >= 0.3 is 0 Å². The first kappa shape index (κ1) is 9.65. The lowest BCUT2D eigenvalue weighted by atomic mass is 10.2. The maximum atomic E-state index is 5.60. The van der Waals surface area contributed by atoms with Crippen molar-refractivity contribution in [3.63, 3.8) is 0 Å². The Labute approximate surface area is 84.2 Å². The number of likely N-dealkylation sites (N-methyl/N-ethyl adjacent to an activating group) is 1. The number of rotatable bonds is 1. The van der Waals surface area contributed by atoms with E-state index in [-0.39, 0.29) is 6.29 Å². The topological polar surface area (TPSA) is 21.7 Å². The maximum absolute atomic E-state index is 5.60. The molecule has 76 valence electrons. The molecule has 1 fully saturated rings. The van der Waals surface area contributed by atoms with E-state index < -0.39 is 0 Å². The minimum absolute atomic E-state index is 0.252. The van der Waals surface area contributed by atoms with E-state index in [4.69, 9.17) is 9.57 Å². The summed E-state index contributed by atoms with van der Waals surface area (Å²) < 4.78 is 5.58. The van der Waals surface area contributed by atoms with Crippen molar-refractivity contribution in [2.45, 2.75) is 19.3 Å². The summed E-state index contributed by atoms with van der Waals surface area (Å²) >= 11 is 0. The summed E-state index contributed by atoms with van der Waals surface area (Å²) in [6.07, 6.45) is -0.252. The van der Waals surface area contributed by atoms with Crippen LogP contribution in [0.15, 0.2) is 30.3 Å². The Morgan fingerprint density at radius 1 is 1.29 bits per heavy atom. The smallest absolute Gasteiger partial charge is 0.203 e. The highest BCUT2D eigenvalue weighted by Gasteiger charge is 2.24. The molecular formula is C11H15NO2. The van der Waals surface area contributed by atoms with Gasteiger partial charge < -0.3 is 4.74 Å². The van der Waals surface area contributed by atoms with E-state index in [0.29, 0.717) is 12.6 Å². The molecule has 3 heteroatoms. The van der Waals surface area contributed by atoms with E-state index in [1.165, 1.54) is 0 Å². The summed E-state index contributed by atoms with van der Waals surface area (Å²) in [4.78, 5) is 5.60. The Bertz CT molecular complexity index is 289. The van der Waals surface area contributed by atoms with Crippen LogP contribution in [0.25, 0.3) is 0 Å². The summed E-state index contributed by atoms with van der Waals surface area (Å²) in [5, 5.41) is 1.85. The third-order valence-electron chi connectivity index (χ3n) is 2.44. The van der Waals surface area contributed by atoms with Crippen LogP contribution in [-0.4, -0.2) is 24.8 Å². The monoisotopic (exact) mass is 193 g/mol. The molecule has 1 aromatic carbocycles. The van der Waals surface area contributed by atoms with Gasteiger partial charge in [-0.2, -0.15) is 5.06 Å². The van der Waals surface area contributed by atoms with Gasteiger partial charge in [0.1, 0.15) is 0 Å². The average molecular weight is 193 g/mol. The molecule has 0 aromatic heterocycles. The molecule has 2 atom stereocenters. The first-order valence-electron chi connectivity index (χ1n) is 4.83. The molecule has 2 rings (SSSR count). The Morgan fingerprint density at radius 2 is 2.00 bits per heavy atom. The Balaban J connectivity index is 2.07. The number of hydroxylamine groups is 2. The minimum atomic E-state index is -0.252. The zero-order chi connectivity index (χ0) is 9.97. The van der Waals surface area contributed by atoms with Crippen molar-refractivity contribution >= 4 is 0 Å². The summed E-state index contributed by atoms with van der Waals surface area (Å²) in [6, 6.07) is 10.3. The third-order valence-corrected chi connectivity index (χ3v) is 2.44. The zero-order valence-electron chi connectivity index (χ0n) is 8.51. The third kappa shape index (κ3) is 1.95. The van der Waals surface area contributed by atoms with Crippen molar-refractivity contribution < 1.29 is 9.57 Å². The molecule has 1 aromatic rings. The van der Waals surface area contributed by atoms with Crippen molar-refractivity contribution in [2.75, 3.05) is 13.7 Å². The van der Waals surface area contributed by atoms with E-state index in [9.17, 15) is 0 Å². The lowest BCUT2D eigenvalue weighted by molar-refractivity contribution is -0.334. The molecule has 14 heavy (non-hydrogen) atoms. The van der Waals surface area contributed by atoms with E-state index in [1.54, 1.807) is 0 Å². The Hall–Kier alpha value is -0.900. The number of ether oxygens (including phenoxy) is 1. The van der Waals surface area contributed by atoms with Crippen LogP contribution in [0, 0.1) is 0 Å². The molecule has 0 unspecified atom stereocenters. The van der Waals surface area contributed by atoms with Crippen LogP contribution in [0.2, 0.25) is 0 Å². The predicted molar refractivity (Wildman–Crippen MR) is 53.4 cm³/mol. The first-order valence-corrected chi connectivity index (χ1v) is 4.83. The van der Waals surface area contributed by atoms with Gasteiger partial charge in [-0.05, 0) is 6.92 Å². The second kappa shape index (κ2) is 4.09. The van der Waals surface area contributed by atoms with E-state index >= 15 is 0 Å². The van der Waals surface area contributed by atoms with Crippen LogP contribution in [0.3, 0.4) is 0 Å². The maximum Gasteiger partial charge on any atom is 0.203 e. The molecule has 0 saturated carbocycles. The summed E-state index contributed by atoms with van der Waals surface area (Å²) in [5.74, 6) is 0. The lowest BCUT2D eigenvalue weighted by Crippen LogP contribution is -2.40. The standard InChI is InChI=1S/C11H15NO2/c1-9-8-13-11(14-12(9)2)10-6-4-3-5-7-10/h3-7,9,11H,8H2,1-2H3/t9-,11-/m1/s1. The fourth-order valence-corrected chi connectivity index (χ4v) is 1.38. The van der Waals surface area contributed by atoms with Gasteiger partial charge in [0, 0.05) is 12.6 Å². The molecular weight excluding hydrogens is 178 g/mol. The van der Waals surface area contributed by atoms with Crippen LogP contribution in [0.1, 0.15) is 18.8 Å². The van der Waals surface area contributed by atoms with Gasteiger partial charge in [-0.3, -0.25) is 4.84 Å². The van der Waals surface area contributed by atoms with E-state index in [2.05, 4.69) is 6.92 Å². The van der Waals surface area contributed by atoms with Gasteiger partial charge in [-0.25, -0.2) is 0 Å². The van der Waals surface area contributed by atoms with Crippen LogP contribution < -0.4 is 0 Å². The van der Waals surface area contributed by atoms with E-state index in [0.717, 1.165) is 5.56 Å². The SMILES string of the molecule is C[C@@H]1CO[C@@H](c2ccccc2)ON1C. The molecule has 1 saturated heterocycles. The normalized spacial score (nSPS) is 29.0. The summed E-state index contributed by atoms with van der Waals surface area (Å²) in [7, 11) is 1.93. The number of hydrogen-bond acceptors (Lipinski definition) is 3. The van der Waals surface area contributed by atoms with Gasteiger partial charge in [0.05, 0.1) is 12.6 Å². The largest absolute Gasteiger partial charge is 0.345 e. The molecule has 0 radical (unpaired) electrons. The van der Waals surface area contributed by atoms with Gasteiger partial charge in [0.2, 0.25) is 6.29 Å². The zero-order valence-corrected chi connectivity index (χ0v) is 8.51. The highest BCUT2D eigenvalue weighted by molar-refractivity contribution is 5.16. The predicted octanol–water partition coefficient (Wildman–Crippen LogP) is 1.97. The molecule has 0 N–H and O–H groups in total. The molecule has 0 aliphatic carbocycles. The summed E-state index contributed by atoms with van der Waals surface area (Å²) in [5.41, 5.74) is 1.06. The fourth-order valence-electron chi connectivity index (χ4n) is 1.38. The molecule has 1 aliphatic heterocycles. The fraction of sp³-hybridized carbons (Fsp3) is 0.455. The second-order valence-corrected chi connectivity index (χ2v) is 3.58. The van der Waals surface area contributed by atoms with Gasteiger partial charge in [-0.15, -0.1) is 0 Å². The second-order valence-electron chi connectivity index (χ2n) is 3.58. The Kier molecular flexibility index (Phi) is 2.82. The quantitative estimate of drug-likeness (QED) is 0.680. The van der Waals surface area contributed by atoms with E-state index in [1.807, 2.05) is 42.4 Å². The average Bonchev–Trinajstić information content (AvgIpc) is 2.23. The lowest BCUT2D eigenvalue weighted by Gasteiger charge is -2.34. The number of nitrogens with zero attached hydrogens (tertiary/aromatic N) is 1. The molecule has 1 heterocycles. The first-order chi connectivity index (χ1) is 6.77. The molecule has 1 aliphatic rings. The van der Waals surface area contributed by atoms with Gasteiger partial charge in [-0.1, -0.05) is 30.3 Å². The highest BCUT2D eigenvalue weighted by Crippen LogP contribution is 2.24. The molecule has 0 spiro atoms. The molecule has 3 nitrogen and oxygen atoms in total. The van der Waals surface area contributed by atoms with Crippen molar-refractivity contribution in [3.05, 3.63) is 35.9 Å². The number of hydrogen-bond donors (Lipinski definition) is 0. The van der Waals surface area contributed by atoms with Crippen LogP contribution in [0.4, 0.5) is 0 Å². The van der Waals surface area contributed by atoms with Crippen molar-refractivity contribution in [2.24, 2.45) is 0 Å². The van der Waals surface area contributed by atoms with Gasteiger partial charge in [0.25, 0.3) is 0 Å².